The van der Waals surface area contributed by atoms with Gasteiger partial charge in [-0.25, -0.2) is 0 Å². The number of fused-ring (bicyclic) bond motifs is 1. The van der Waals surface area contributed by atoms with Crippen molar-refractivity contribution in [1.82, 2.24) is 5.32 Å². The highest BCUT2D eigenvalue weighted by Crippen LogP contribution is 2.33. The highest BCUT2D eigenvalue weighted by molar-refractivity contribution is 5.76. The molecule has 3 nitrogen and oxygen atoms in total. The molecule has 0 aromatic carbocycles. The van der Waals surface area contributed by atoms with Crippen molar-refractivity contribution in [3.63, 3.8) is 0 Å². The van der Waals surface area contributed by atoms with Crippen LogP contribution < -0.4 is 5.32 Å². The monoisotopic (exact) mass is 225 g/mol. The van der Waals surface area contributed by atoms with Crippen LogP contribution >= 0.6 is 0 Å². The van der Waals surface area contributed by atoms with Gasteiger partial charge in [0, 0.05) is 6.04 Å². The average Bonchev–Trinajstić information content (AvgIpc) is 2.58. The van der Waals surface area contributed by atoms with E-state index in [1.807, 2.05) is 20.8 Å². The zero-order valence-corrected chi connectivity index (χ0v) is 10.6. The topological polar surface area (TPSA) is 38.3 Å². The summed E-state index contributed by atoms with van der Waals surface area (Å²) in [7, 11) is 0. The van der Waals surface area contributed by atoms with Crippen LogP contribution in [0.5, 0.6) is 0 Å². The number of ether oxygens (including phenoxy) is 1. The Hall–Kier alpha value is -0.570. The molecule has 0 spiro atoms. The standard InChI is InChI=1S/C13H23NO2/c1-13(2,3)16-12(15)11-8-9-6-4-5-7-10(9)14-11/h9-11,14H,4-8H2,1-3H3/t9-,10+,11-/m0/s1. The van der Waals surface area contributed by atoms with E-state index in [-0.39, 0.29) is 17.6 Å². The Morgan fingerprint density at radius 3 is 2.56 bits per heavy atom. The molecule has 16 heavy (non-hydrogen) atoms. The SMILES string of the molecule is CC(C)(C)OC(=O)[C@@H]1C[C@@H]2CCCC[C@H]2N1. The minimum Gasteiger partial charge on any atom is -0.459 e. The van der Waals surface area contributed by atoms with Crippen molar-refractivity contribution in [2.75, 3.05) is 0 Å². The van der Waals surface area contributed by atoms with Gasteiger partial charge in [0.25, 0.3) is 0 Å². The summed E-state index contributed by atoms with van der Waals surface area (Å²) in [4.78, 5) is 11.9. The summed E-state index contributed by atoms with van der Waals surface area (Å²) in [5.41, 5.74) is -0.369. The first-order valence-corrected chi connectivity index (χ1v) is 6.44. The molecule has 1 heterocycles. The van der Waals surface area contributed by atoms with Gasteiger partial charge in [0.05, 0.1) is 0 Å². The molecule has 1 saturated carbocycles. The molecule has 2 aliphatic rings. The fourth-order valence-electron chi connectivity index (χ4n) is 2.88. The van der Waals surface area contributed by atoms with Crippen molar-refractivity contribution in [3.05, 3.63) is 0 Å². The summed E-state index contributed by atoms with van der Waals surface area (Å²) in [5.74, 6) is 0.633. The molecular formula is C13H23NO2. The Bertz CT molecular complexity index is 256. The third-order valence-electron chi connectivity index (χ3n) is 3.55. The van der Waals surface area contributed by atoms with Crippen LogP contribution in [0.4, 0.5) is 0 Å². The van der Waals surface area contributed by atoms with Gasteiger partial charge < -0.3 is 10.1 Å². The molecule has 2 rings (SSSR count). The Balaban J connectivity index is 1.90. The first kappa shape index (κ1) is 11.9. The third kappa shape index (κ3) is 2.76. The Kier molecular flexibility index (Phi) is 3.24. The van der Waals surface area contributed by atoms with Gasteiger partial charge in [0.1, 0.15) is 11.6 Å². The van der Waals surface area contributed by atoms with Crippen LogP contribution in [0.3, 0.4) is 0 Å². The van der Waals surface area contributed by atoms with Crippen LogP contribution in [0.25, 0.3) is 0 Å². The third-order valence-corrected chi connectivity index (χ3v) is 3.55. The van der Waals surface area contributed by atoms with Crippen LogP contribution in [0.1, 0.15) is 52.9 Å². The molecule has 0 unspecified atom stereocenters. The smallest absolute Gasteiger partial charge is 0.323 e. The highest BCUT2D eigenvalue weighted by Gasteiger charge is 2.39. The van der Waals surface area contributed by atoms with E-state index in [0.29, 0.717) is 12.0 Å². The molecule has 0 aromatic rings. The highest BCUT2D eigenvalue weighted by atomic mass is 16.6. The molecule has 2 fully saturated rings. The molecule has 1 saturated heterocycles. The van der Waals surface area contributed by atoms with Crippen molar-refractivity contribution in [3.8, 4) is 0 Å². The predicted octanol–water partition coefficient (Wildman–Crippen LogP) is 2.25. The number of hydrogen-bond acceptors (Lipinski definition) is 3. The molecule has 92 valence electrons. The lowest BCUT2D eigenvalue weighted by Gasteiger charge is -2.24. The summed E-state index contributed by atoms with van der Waals surface area (Å²) in [6.45, 7) is 5.77. The number of nitrogens with one attached hydrogen (secondary N) is 1. The van der Waals surface area contributed by atoms with E-state index in [0.717, 1.165) is 6.42 Å². The van der Waals surface area contributed by atoms with Gasteiger partial charge in [0.15, 0.2) is 0 Å². The summed E-state index contributed by atoms with van der Waals surface area (Å²) in [5, 5.41) is 3.44. The lowest BCUT2D eigenvalue weighted by Crippen LogP contribution is -2.40. The molecule has 1 N–H and O–H groups in total. The zero-order valence-electron chi connectivity index (χ0n) is 10.6. The molecule has 1 aliphatic carbocycles. The van der Waals surface area contributed by atoms with Gasteiger partial charge in [-0.05, 0) is 46.0 Å². The molecule has 3 atom stereocenters. The predicted molar refractivity (Wildman–Crippen MR) is 63.1 cm³/mol. The van der Waals surface area contributed by atoms with Crippen LogP contribution in [-0.2, 0) is 9.53 Å². The normalized spacial score (nSPS) is 34.6. The molecule has 1 aliphatic heterocycles. The van der Waals surface area contributed by atoms with E-state index in [1.165, 1.54) is 25.7 Å². The van der Waals surface area contributed by atoms with Crippen molar-refractivity contribution >= 4 is 5.97 Å². The largest absolute Gasteiger partial charge is 0.459 e. The van der Waals surface area contributed by atoms with Gasteiger partial charge in [-0.2, -0.15) is 0 Å². The molecular weight excluding hydrogens is 202 g/mol. The lowest BCUT2D eigenvalue weighted by atomic mass is 9.85. The van der Waals surface area contributed by atoms with Crippen LogP contribution in [-0.4, -0.2) is 23.7 Å². The van der Waals surface area contributed by atoms with Crippen LogP contribution in [0.2, 0.25) is 0 Å². The van der Waals surface area contributed by atoms with Crippen molar-refractivity contribution < 1.29 is 9.53 Å². The molecule has 0 radical (unpaired) electrons. The van der Waals surface area contributed by atoms with E-state index < -0.39 is 0 Å². The maximum atomic E-state index is 11.9. The summed E-state index contributed by atoms with van der Waals surface area (Å²) >= 11 is 0. The van der Waals surface area contributed by atoms with E-state index in [1.54, 1.807) is 0 Å². The van der Waals surface area contributed by atoms with Gasteiger partial charge in [-0.15, -0.1) is 0 Å². The maximum Gasteiger partial charge on any atom is 0.323 e. The van der Waals surface area contributed by atoms with E-state index in [2.05, 4.69) is 5.32 Å². The first-order valence-electron chi connectivity index (χ1n) is 6.44. The second-order valence-electron chi connectivity index (χ2n) is 6.14. The molecule has 3 heteroatoms. The van der Waals surface area contributed by atoms with Crippen molar-refractivity contribution in [2.45, 2.75) is 70.6 Å². The zero-order chi connectivity index (χ0) is 11.8. The second kappa shape index (κ2) is 4.36. The Morgan fingerprint density at radius 2 is 1.94 bits per heavy atom. The number of esters is 1. The minimum atomic E-state index is -0.369. The molecule has 0 amide bonds. The summed E-state index contributed by atoms with van der Waals surface area (Å²) < 4.78 is 5.43. The van der Waals surface area contributed by atoms with E-state index in [4.69, 9.17) is 4.74 Å². The minimum absolute atomic E-state index is 0.0627. The van der Waals surface area contributed by atoms with Gasteiger partial charge >= 0.3 is 5.97 Å². The lowest BCUT2D eigenvalue weighted by molar-refractivity contribution is -0.157. The van der Waals surface area contributed by atoms with Gasteiger partial charge in [-0.3, -0.25) is 4.79 Å². The van der Waals surface area contributed by atoms with Crippen molar-refractivity contribution in [1.29, 1.82) is 0 Å². The Labute approximate surface area is 97.9 Å². The van der Waals surface area contributed by atoms with Crippen LogP contribution in [0.15, 0.2) is 0 Å². The van der Waals surface area contributed by atoms with Crippen molar-refractivity contribution in [2.24, 2.45) is 5.92 Å². The Morgan fingerprint density at radius 1 is 1.25 bits per heavy atom. The summed E-state index contributed by atoms with van der Waals surface area (Å²) in [6, 6.07) is 0.499. The molecule has 0 aromatic heterocycles. The van der Waals surface area contributed by atoms with Gasteiger partial charge in [-0.1, -0.05) is 12.8 Å². The van der Waals surface area contributed by atoms with E-state index >= 15 is 0 Å². The first-order chi connectivity index (χ1) is 7.46. The second-order valence-corrected chi connectivity index (χ2v) is 6.14. The fraction of sp³-hybridized carbons (Fsp3) is 0.923. The number of rotatable bonds is 1. The number of carbonyl (C=O) groups is 1. The van der Waals surface area contributed by atoms with E-state index in [9.17, 15) is 4.79 Å². The average molecular weight is 225 g/mol. The number of carbonyl (C=O) groups excluding carboxylic acids is 1. The fourth-order valence-corrected chi connectivity index (χ4v) is 2.88. The quantitative estimate of drug-likeness (QED) is 0.696. The van der Waals surface area contributed by atoms with Gasteiger partial charge in [0.2, 0.25) is 0 Å². The maximum absolute atomic E-state index is 11.9. The number of hydrogen-bond donors (Lipinski definition) is 1. The molecule has 0 bridgehead atoms. The van der Waals surface area contributed by atoms with Crippen LogP contribution in [0, 0.1) is 5.92 Å². The summed E-state index contributed by atoms with van der Waals surface area (Å²) in [6.07, 6.45) is 6.10.